The van der Waals surface area contributed by atoms with E-state index in [2.05, 4.69) is 4.98 Å². The Balaban J connectivity index is 1.42. The molecule has 1 aromatic carbocycles. The highest BCUT2D eigenvalue weighted by Gasteiger charge is 2.26. The molecule has 1 aliphatic heterocycles. The molecule has 0 radical (unpaired) electrons. The van der Waals surface area contributed by atoms with Gasteiger partial charge in [-0.2, -0.15) is 5.10 Å². The molecule has 1 fully saturated rings. The molecule has 10 nitrogen and oxygen atoms in total. The summed E-state index contributed by atoms with van der Waals surface area (Å²) in [4.78, 5) is 47.4. The lowest BCUT2D eigenvalue weighted by atomic mass is 10.1. The van der Waals surface area contributed by atoms with Gasteiger partial charge in [-0.25, -0.2) is 14.5 Å². The van der Waals surface area contributed by atoms with Crippen molar-refractivity contribution in [2.75, 3.05) is 32.8 Å². The number of benzene rings is 1. The van der Waals surface area contributed by atoms with Crippen LogP contribution in [0.4, 0.5) is 4.79 Å². The smallest absolute Gasteiger partial charge is 0.409 e. The molecule has 0 N–H and O–H groups in total. The van der Waals surface area contributed by atoms with E-state index in [9.17, 15) is 14.4 Å². The lowest BCUT2D eigenvalue weighted by molar-refractivity contribution is -0.132. The topological polar surface area (TPSA) is 102 Å². The number of aromatic nitrogens is 4. The zero-order chi connectivity index (χ0) is 27.0. The number of amides is 2. The Hall–Kier alpha value is -3.99. The Bertz CT molecular complexity index is 1580. The molecule has 4 heterocycles. The molecule has 4 aromatic rings. The second kappa shape index (κ2) is 10.4. The fourth-order valence-electron chi connectivity index (χ4n) is 4.76. The average Bonchev–Trinajstić information content (AvgIpc) is 3.47. The zero-order valence-corrected chi connectivity index (χ0v) is 22.7. The van der Waals surface area contributed by atoms with Crippen LogP contribution in [0, 0.1) is 20.8 Å². The highest BCUT2D eigenvalue weighted by molar-refractivity contribution is 7.15. The van der Waals surface area contributed by atoms with Gasteiger partial charge < -0.3 is 14.5 Å². The van der Waals surface area contributed by atoms with Gasteiger partial charge in [-0.15, -0.1) is 11.3 Å². The van der Waals surface area contributed by atoms with Crippen LogP contribution in [0.2, 0.25) is 0 Å². The highest BCUT2D eigenvalue weighted by atomic mass is 32.1. The summed E-state index contributed by atoms with van der Waals surface area (Å²) < 4.78 is 8.41. The summed E-state index contributed by atoms with van der Waals surface area (Å²) in [5.74, 6) is -0.0956. The van der Waals surface area contributed by atoms with Gasteiger partial charge in [-0.05, 0) is 51.5 Å². The first-order chi connectivity index (χ1) is 18.3. The maximum Gasteiger partial charge on any atom is 0.409 e. The van der Waals surface area contributed by atoms with Crippen LogP contribution in [0.25, 0.3) is 21.9 Å². The maximum absolute atomic E-state index is 13.8. The molecule has 11 heteroatoms. The van der Waals surface area contributed by atoms with Gasteiger partial charge in [0, 0.05) is 42.9 Å². The van der Waals surface area contributed by atoms with Crippen LogP contribution in [-0.2, 0) is 16.0 Å². The van der Waals surface area contributed by atoms with E-state index in [4.69, 9.17) is 9.84 Å². The summed E-state index contributed by atoms with van der Waals surface area (Å²) in [7, 11) is 0. The minimum Gasteiger partial charge on any atom is -0.450 e. The average molecular weight is 535 g/mol. The first-order valence-electron chi connectivity index (χ1n) is 12.6. The molecule has 1 aliphatic rings. The number of carbonyl (C=O) groups is 2. The number of rotatable bonds is 5. The summed E-state index contributed by atoms with van der Waals surface area (Å²) >= 11 is 1.34. The molecule has 3 aromatic heterocycles. The van der Waals surface area contributed by atoms with Crippen molar-refractivity contribution in [2.45, 2.75) is 34.1 Å². The quantitative estimate of drug-likeness (QED) is 0.389. The Kier molecular flexibility index (Phi) is 7.02. The van der Waals surface area contributed by atoms with Crippen molar-refractivity contribution in [1.82, 2.24) is 29.0 Å². The number of fused-ring (bicyclic) bond motifs is 1. The van der Waals surface area contributed by atoms with Gasteiger partial charge in [0.25, 0.3) is 5.56 Å². The molecule has 38 heavy (non-hydrogen) atoms. The van der Waals surface area contributed by atoms with E-state index in [1.807, 2.05) is 61.2 Å². The zero-order valence-electron chi connectivity index (χ0n) is 21.9. The normalized spacial score (nSPS) is 13.8. The minimum atomic E-state index is -0.357. The van der Waals surface area contributed by atoms with Crippen LogP contribution >= 0.6 is 11.3 Å². The third-order valence-electron chi connectivity index (χ3n) is 6.70. The van der Waals surface area contributed by atoms with E-state index in [1.54, 1.807) is 16.7 Å². The van der Waals surface area contributed by atoms with E-state index in [-0.39, 0.29) is 24.0 Å². The predicted molar refractivity (Wildman–Crippen MR) is 145 cm³/mol. The number of nitrogens with zero attached hydrogens (tertiary/aromatic N) is 6. The predicted octanol–water partition coefficient (Wildman–Crippen LogP) is 3.38. The second-order valence-electron chi connectivity index (χ2n) is 9.39. The SMILES string of the molecule is CCOC(=O)N1CCN(C(=O)Cc2csc3nc(C)c(-c4cc(C)n(-c5cccc(C)c5)n4)c(=O)n23)CC1. The van der Waals surface area contributed by atoms with Gasteiger partial charge in [0.05, 0.1) is 30.0 Å². The third-order valence-corrected chi connectivity index (χ3v) is 7.58. The van der Waals surface area contributed by atoms with Crippen LogP contribution in [0.15, 0.2) is 40.5 Å². The molecule has 0 aliphatic carbocycles. The fourth-order valence-corrected chi connectivity index (χ4v) is 5.69. The van der Waals surface area contributed by atoms with Crippen LogP contribution in [-0.4, -0.2) is 73.8 Å². The monoisotopic (exact) mass is 534 g/mol. The largest absolute Gasteiger partial charge is 0.450 e. The molecule has 2 amide bonds. The van der Waals surface area contributed by atoms with Crippen molar-refractivity contribution in [3.05, 3.63) is 68.7 Å². The first-order valence-corrected chi connectivity index (χ1v) is 13.5. The minimum absolute atomic E-state index is 0.0697. The molecule has 0 unspecified atom stereocenters. The van der Waals surface area contributed by atoms with Crippen molar-refractivity contribution in [3.8, 4) is 16.9 Å². The molecule has 0 bridgehead atoms. The van der Waals surface area contributed by atoms with Gasteiger partial charge in [0.15, 0.2) is 4.96 Å². The molecule has 198 valence electrons. The Morgan fingerprint density at radius 3 is 2.50 bits per heavy atom. The van der Waals surface area contributed by atoms with Crippen molar-refractivity contribution in [2.24, 2.45) is 0 Å². The molecular formula is C27H30N6O4S. The van der Waals surface area contributed by atoms with Crippen molar-refractivity contribution in [1.29, 1.82) is 0 Å². The van der Waals surface area contributed by atoms with Crippen LogP contribution in [0.1, 0.15) is 29.6 Å². The number of ether oxygens (including phenoxy) is 1. The van der Waals surface area contributed by atoms with Gasteiger partial charge in [-0.3, -0.25) is 14.0 Å². The van der Waals surface area contributed by atoms with Gasteiger partial charge >= 0.3 is 6.09 Å². The number of hydrogen-bond donors (Lipinski definition) is 0. The lowest BCUT2D eigenvalue weighted by Gasteiger charge is -2.34. The van der Waals surface area contributed by atoms with Crippen LogP contribution in [0.5, 0.6) is 0 Å². The maximum atomic E-state index is 13.8. The Morgan fingerprint density at radius 1 is 1.05 bits per heavy atom. The second-order valence-corrected chi connectivity index (χ2v) is 10.2. The van der Waals surface area contributed by atoms with E-state index in [0.717, 1.165) is 16.9 Å². The van der Waals surface area contributed by atoms with Crippen molar-refractivity contribution >= 4 is 28.3 Å². The summed E-state index contributed by atoms with van der Waals surface area (Å²) in [6.07, 6.45) is -0.288. The Morgan fingerprint density at radius 2 is 1.79 bits per heavy atom. The van der Waals surface area contributed by atoms with Crippen LogP contribution in [0.3, 0.4) is 0 Å². The van der Waals surface area contributed by atoms with Gasteiger partial charge in [0.2, 0.25) is 5.91 Å². The standard InChI is InChI=1S/C27H30N6O4S/c1-5-37-27(36)31-11-9-30(10-12-31)23(34)15-21-16-38-26-28-19(4)24(25(35)32(21)26)22-14-18(3)33(29-22)20-8-6-7-17(2)13-20/h6-8,13-14,16H,5,9-12,15H2,1-4H3. The van der Waals surface area contributed by atoms with Gasteiger partial charge in [0.1, 0.15) is 5.69 Å². The van der Waals surface area contributed by atoms with E-state index < -0.39 is 0 Å². The molecular weight excluding hydrogens is 504 g/mol. The highest BCUT2D eigenvalue weighted by Crippen LogP contribution is 2.24. The third kappa shape index (κ3) is 4.81. The summed E-state index contributed by atoms with van der Waals surface area (Å²) in [5.41, 5.74) is 4.86. The molecule has 0 spiro atoms. The Labute approximate surface area is 224 Å². The number of piperazine rings is 1. The molecule has 0 atom stereocenters. The number of hydrogen-bond acceptors (Lipinski definition) is 7. The van der Waals surface area contributed by atoms with Crippen molar-refractivity contribution < 1.29 is 14.3 Å². The number of thiazole rings is 1. The summed E-state index contributed by atoms with van der Waals surface area (Å²) in [5, 5.41) is 6.57. The molecule has 1 saturated heterocycles. The summed E-state index contributed by atoms with van der Waals surface area (Å²) in [6, 6.07) is 9.91. The number of carbonyl (C=O) groups excluding carboxylic acids is 2. The van der Waals surface area contributed by atoms with Gasteiger partial charge in [-0.1, -0.05) is 12.1 Å². The first kappa shape index (κ1) is 25.7. The molecule has 0 saturated carbocycles. The molecule has 5 rings (SSSR count). The lowest BCUT2D eigenvalue weighted by Crippen LogP contribution is -2.51. The van der Waals surface area contributed by atoms with Crippen molar-refractivity contribution in [3.63, 3.8) is 0 Å². The van der Waals surface area contributed by atoms with Crippen LogP contribution < -0.4 is 5.56 Å². The number of aryl methyl sites for hydroxylation is 3. The van der Waals surface area contributed by atoms with E-state index in [1.165, 1.54) is 15.7 Å². The van der Waals surface area contributed by atoms with E-state index >= 15 is 0 Å². The fraction of sp³-hybridized carbons (Fsp3) is 0.370. The summed E-state index contributed by atoms with van der Waals surface area (Å²) in [6.45, 7) is 9.56. The van der Waals surface area contributed by atoms with E-state index in [0.29, 0.717) is 60.4 Å².